The number of aliphatic hydroxyl groups is 2. The number of nitrogens with zero attached hydrogens (tertiary/aromatic N) is 3. The maximum Gasteiger partial charge on any atom is 0.238 e. The smallest absolute Gasteiger partial charge is 0.238 e. The Morgan fingerprint density at radius 3 is 2.35 bits per heavy atom. The number of nitrogens with two attached hydrogens (primary N) is 1. The molecule has 0 amide bonds. The summed E-state index contributed by atoms with van der Waals surface area (Å²) in [5, 5.41) is 30.8. The van der Waals surface area contributed by atoms with Gasteiger partial charge in [0.2, 0.25) is 15.2 Å². The second-order valence-electron chi connectivity index (χ2n) is 6.98. The molecule has 31 heavy (non-hydrogen) atoms. The van der Waals surface area contributed by atoms with Crippen LogP contribution in [0.2, 0.25) is 0 Å². The average molecular weight is 457 g/mol. The van der Waals surface area contributed by atoms with Gasteiger partial charge in [0.15, 0.2) is 6.29 Å². The summed E-state index contributed by atoms with van der Waals surface area (Å²) in [7, 11) is -3.75. The van der Waals surface area contributed by atoms with Crippen molar-refractivity contribution in [3.8, 4) is 16.4 Å². The normalized spacial score (nSPS) is 11.9. The van der Waals surface area contributed by atoms with Gasteiger partial charge in [0.05, 0.1) is 10.6 Å². The third-order valence-electron chi connectivity index (χ3n) is 4.88. The summed E-state index contributed by atoms with van der Waals surface area (Å²) in [6.07, 6.45) is -1.13. The van der Waals surface area contributed by atoms with E-state index in [9.17, 15) is 18.6 Å². The van der Waals surface area contributed by atoms with Crippen molar-refractivity contribution in [3.63, 3.8) is 0 Å². The Morgan fingerprint density at radius 2 is 1.77 bits per heavy atom. The maximum atomic E-state index is 11.5. The molecule has 0 atom stereocenters. The van der Waals surface area contributed by atoms with E-state index in [1.54, 1.807) is 22.2 Å². The van der Waals surface area contributed by atoms with Crippen LogP contribution in [0.5, 0.6) is 0 Å². The lowest BCUT2D eigenvalue weighted by atomic mass is 9.99. The molecule has 2 aromatic carbocycles. The molecule has 0 aliphatic carbocycles. The SMILES string of the molecule is Cc1c(Cc2ccc(S(N)(=O)=O)cc2)c(-c2ccccc2)nn1-c1nc(C(O)O)cs1. The van der Waals surface area contributed by atoms with Crippen LogP contribution in [0, 0.1) is 6.92 Å². The predicted molar refractivity (Wildman–Crippen MR) is 117 cm³/mol. The summed E-state index contributed by atoms with van der Waals surface area (Å²) in [5.74, 6) is 0. The fourth-order valence-electron chi connectivity index (χ4n) is 3.25. The van der Waals surface area contributed by atoms with Crippen LogP contribution in [-0.2, 0) is 16.4 Å². The Bertz CT molecular complexity index is 1310. The van der Waals surface area contributed by atoms with Gasteiger partial charge in [-0.15, -0.1) is 11.3 Å². The van der Waals surface area contributed by atoms with E-state index in [1.807, 2.05) is 37.3 Å². The lowest BCUT2D eigenvalue weighted by molar-refractivity contribution is -0.0454. The molecule has 0 saturated heterocycles. The van der Waals surface area contributed by atoms with Gasteiger partial charge in [0.1, 0.15) is 5.69 Å². The van der Waals surface area contributed by atoms with Crippen molar-refractivity contribution < 1.29 is 18.6 Å². The Hall–Kier alpha value is -2.89. The van der Waals surface area contributed by atoms with Crippen molar-refractivity contribution in [3.05, 3.63) is 82.5 Å². The second-order valence-corrected chi connectivity index (χ2v) is 9.38. The molecule has 0 bridgehead atoms. The van der Waals surface area contributed by atoms with Crippen LogP contribution >= 0.6 is 11.3 Å². The standard InChI is InChI=1S/C21H20N4O4S2/c1-13-17(11-14-7-9-16(10-8-14)31(22,28)29)19(15-5-3-2-4-6-15)24-25(13)21-23-18(12-30-21)20(26)27/h2-10,12,20,26-27H,11H2,1H3,(H2,22,28,29). The Balaban J connectivity index is 1.79. The van der Waals surface area contributed by atoms with Crippen LogP contribution in [0.15, 0.2) is 64.9 Å². The molecule has 2 heterocycles. The summed E-state index contributed by atoms with van der Waals surface area (Å²) in [6.45, 7) is 1.92. The Labute approximate surface area is 183 Å². The molecular weight excluding hydrogens is 436 g/mol. The molecule has 0 radical (unpaired) electrons. The zero-order valence-electron chi connectivity index (χ0n) is 16.5. The third-order valence-corrected chi connectivity index (χ3v) is 6.64. The zero-order valence-corrected chi connectivity index (χ0v) is 18.1. The van der Waals surface area contributed by atoms with Gasteiger partial charge in [0, 0.05) is 28.6 Å². The largest absolute Gasteiger partial charge is 0.363 e. The highest BCUT2D eigenvalue weighted by Gasteiger charge is 2.20. The summed E-state index contributed by atoms with van der Waals surface area (Å²) >= 11 is 1.26. The first kappa shape index (κ1) is 21.3. The summed E-state index contributed by atoms with van der Waals surface area (Å²) in [4.78, 5) is 4.33. The zero-order chi connectivity index (χ0) is 22.2. The van der Waals surface area contributed by atoms with E-state index in [-0.39, 0.29) is 10.6 Å². The fraction of sp³-hybridized carbons (Fsp3) is 0.143. The number of sulfonamides is 1. The van der Waals surface area contributed by atoms with Gasteiger partial charge >= 0.3 is 0 Å². The first-order valence-corrected chi connectivity index (χ1v) is 11.7. The van der Waals surface area contributed by atoms with E-state index in [1.165, 1.54) is 23.5 Å². The molecule has 8 nitrogen and oxygen atoms in total. The maximum absolute atomic E-state index is 11.5. The van der Waals surface area contributed by atoms with E-state index in [2.05, 4.69) is 4.98 Å². The molecule has 10 heteroatoms. The fourth-order valence-corrected chi connectivity index (χ4v) is 4.61. The first-order valence-electron chi connectivity index (χ1n) is 9.31. The quantitative estimate of drug-likeness (QED) is 0.382. The number of aliphatic hydroxyl groups excluding tert-OH is 1. The van der Waals surface area contributed by atoms with E-state index >= 15 is 0 Å². The van der Waals surface area contributed by atoms with Gasteiger partial charge in [0.25, 0.3) is 0 Å². The highest BCUT2D eigenvalue weighted by atomic mass is 32.2. The van der Waals surface area contributed by atoms with Gasteiger partial charge in [-0.05, 0) is 24.6 Å². The van der Waals surface area contributed by atoms with Crippen molar-refractivity contribution in [2.24, 2.45) is 5.14 Å². The molecule has 160 valence electrons. The van der Waals surface area contributed by atoms with E-state index in [0.29, 0.717) is 11.6 Å². The van der Waals surface area contributed by atoms with Crippen LogP contribution in [-0.4, -0.2) is 33.4 Å². The number of benzene rings is 2. The lowest BCUT2D eigenvalue weighted by Crippen LogP contribution is -2.11. The van der Waals surface area contributed by atoms with Crippen molar-refractivity contribution in [2.45, 2.75) is 24.5 Å². The average Bonchev–Trinajstić information content (AvgIpc) is 3.34. The number of aromatic nitrogens is 3. The van der Waals surface area contributed by atoms with Gasteiger partial charge < -0.3 is 10.2 Å². The lowest BCUT2D eigenvalue weighted by Gasteiger charge is -2.06. The number of primary sulfonamides is 1. The topological polar surface area (TPSA) is 131 Å². The molecule has 4 N–H and O–H groups in total. The monoisotopic (exact) mass is 456 g/mol. The summed E-state index contributed by atoms with van der Waals surface area (Å²) in [5.41, 5.74) is 4.57. The van der Waals surface area contributed by atoms with Crippen molar-refractivity contribution in [1.82, 2.24) is 14.8 Å². The summed E-state index contributed by atoms with van der Waals surface area (Å²) in [6, 6.07) is 16.1. The number of hydrogen-bond acceptors (Lipinski definition) is 7. The van der Waals surface area contributed by atoms with Crippen LogP contribution in [0.1, 0.15) is 28.8 Å². The van der Waals surface area contributed by atoms with Gasteiger partial charge in [-0.3, -0.25) is 0 Å². The van der Waals surface area contributed by atoms with Gasteiger partial charge in [-0.2, -0.15) is 5.10 Å². The first-order chi connectivity index (χ1) is 14.7. The molecular formula is C21H20N4O4S2. The third kappa shape index (κ3) is 4.43. The van der Waals surface area contributed by atoms with Crippen LogP contribution < -0.4 is 5.14 Å². The molecule has 0 saturated carbocycles. The highest BCUT2D eigenvalue weighted by molar-refractivity contribution is 7.89. The molecule has 0 fully saturated rings. The summed E-state index contributed by atoms with van der Waals surface area (Å²) < 4.78 is 24.7. The molecule has 0 spiro atoms. The van der Waals surface area contributed by atoms with Gasteiger partial charge in [-0.25, -0.2) is 23.2 Å². The van der Waals surface area contributed by atoms with E-state index in [0.717, 1.165) is 28.1 Å². The Kier molecular flexibility index (Phi) is 5.73. The van der Waals surface area contributed by atoms with Crippen LogP contribution in [0.25, 0.3) is 16.4 Å². The molecule has 0 aliphatic heterocycles. The predicted octanol–water partition coefficient (Wildman–Crippen LogP) is 2.53. The van der Waals surface area contributed by atoms with Crippen molar-refractivity contribution in [1.29, 1.82) is 0 Å². The minimum absolute atomic E-state index is 0.0600. The minimum Gasteiger partial charge on any atom is -0.363 e. The van der Waals surface area contributed by atoms with Crippen LogP contribution in [0.3, 0.4) is 0 Å². The molecule has 0 aliphatic rings. The number of rotatable bonds is 6. The van der Waals surface area contributed by atoms with E-state index < -0.39 is 16.3 Å². The number of hydrogen-bond donors (Lipinski definition) is 3. The molecule has 2 aromatic heterocycles. The Morgan fingerprint density at radius 1 is 1.10 bits per heavy atom. The van der Waals surface area contributed by atoms with Gasteiger partial charge in [-0.1, -0.05) is 42.5 Å². The molecule has 4 rings (SSSR count). The number of thiazole rings is 1. The van der Waals surface area contributed by atoms with Crippen LogP contribution in [0.4, 0.5) is 0 Å². The molecule has 0 unspecified atom stereocenters. The van der Waals surface area contributed by atoms with E-state index in [4.69, 9.17) is 10.2 Å². The minimum atomic E-state index is -3.75. The van der Waals surface area contributed by atoms with Crippen molar-refractivity contribution in [2.75, 3.05) is 0 Å². The highest BCUT2D eigenvalue weighted by Crippen LogP contribution is 2.30. The van der Waals surface area contributed by atoms with Crippen molar-refractivity contribution >= 4 is 21.4 Å². The molecule has 4 aromatic rings. The second kappa shape index (κ2) is 8.33.